The number of nitro groups is 1. The largest absolute Gasteiger partial charge is 0.494 e. The molecule has 0 aromatic heterocycles. The van der Waals surface area contributed by atoms with Crippen LogP contribution in [0.1, 0.15) is 26.7 Å². The minimum Gasteiger partial charge on any atom is -0.494 e. The molecule has 19 heavy (non-hydrogen) atoms. The molecule has 0 fully saturated rings. The molecule has 0 amide bonds. The maximum Gasteiger partial charge on any atom is 0.275 e. The molecule has 0 bridgehead atoms. The third-order valence-electron chi connectivity index (χ3n) is 2.71. The van der Waals surface area contributed by atoms with E-state index in [0.29, 0.717) is 24.6 Å². The number of nitrogens with zero attached hydrogens (tertiary/aromatic N) is 1. The Bertz CT molecular complexity index is 424. The fourth-order valence-electron chi connectivity index (χ4n) is 1.86. The zero-order valence-electron chi connectivity index (χ0n) is 11.4. The van der Waals surface area contributed by atoms with Gasteiger partial charge in [-0.2, -0.15) is 0 Å². The first kappa shape index (κ1) is 15.2. The van der Waals surface area contributed by atoms with Gasteiger partial charge in [-0.3, -0.25) is 10.1 Å². The summed E-state index contributed by atoms with van der Waals surface area (Å²) in [5.41, 5.74) is 6.36. The summed E-state index contributed by atoms with van der Waals surface area (Å²) < 4.78 is 5.34. The van der Waals surface area contributed by atoms with E-state index in [1.165, 1.54) is 12.1 Å². The highest BCUT2D eigenvalue weighted by Gasteiger charge is 2.12. The third-order valence-corrected chi connectivity index (χ3v) is 2.71. The van der Waals surface area contributed by atoms with E-state index in [9.17, 15) is 10.1 Å². The highest BCUT2D eigenvalue weighted by atomic mass is 16.6. The van der Waals surface area contributed by atoms with Gasteiger partial charge in [0.05, 0.1) is 17.6 Å². The van der Waals surface area contributed by atoms with Crippen molar-refractivity contribution in [3.8, 4) is 5.75 Å². The molecule has 0 aliphatic heterocycles. The molecular weight excluding hydrogens is 246 g/mol. The molecule has 0 spiro atoms. The molecule has 1 atom stereocenters. The molecule has 6 nitrogen and oxygen atoms in total. The van der Waals surface area contributed by atoms with Crippen molar-refractivity contribution < 1.29 is 9.66 Å². The van der Waals surface area contributed by atoms with Crippen molar-refractivity contribution in [1.29, 1.82) is 0 Å². The van der Waals surface area contributed by atoms with Crippen LogP contribution in [0, 0.1) is 10.1 Å². The Morgan fingerprint density at radius 2 is 2.16 bits per heavy atom. The normalized spacial score (nSPS) is 11.9. The number of nitro benzene ring substituents is 1. The van der Waals surface area contributed by atoms with E-state index in [4.69, 9.17) is 10.5 Å². The first-order valence-electron chi connectivity index (χ1n) is 6.49. The zero-order chi connectivity index (χ0) is 14.3. The fourth-order valence-corrected chi connectivity index (χ4v) is 1.86. The van der Waals surface area contributed by atoms with Gasteiger partial charge in [-0.05, 0) is 13.3 Å². The van der Waals surface area contributed by atoms with Crippen molar-refractivity contribution in [1.82, 2.24) is 0 Å². The smallest absolute Gasteiger partial charge is 0.275 e. The van der Waals surface area contributed by atoms with Crippen molar-refractivity contribution in [2.45, 2.75) is 32.7 Å². The van der Waals surface area contributed by atoms with Crippen LogP contribution in [0.4, 0.5) is 11.4 Å². The Kier molecular flexibility index (Phi) is 6.08. The lowest BCUT2D eigenvalue weighted by molar-refractivity contribution is -0.384. The van der Waals surface area contributed by atoms with Crippen LogP contribution in [-0.2, 0) is 0 Å². The van der Waals surface area contributed by atoms with Gasteiger partial charge in [-0.25, -0.2) is 0 Å². The number of ether oxygens (including phenoxy) is 1. The summed E-state index contributed by atoms with van der Waals surface area (Å²) in [5.74, 6) is 0.492. The summed E-state index contributed by atoms with van der Waals surface area (Å²) in [6.45, 7) is 4.87. The zero-order valence-corrected chi connectivity index (χ0v) is 11.4. The molecule has 106 valence electrons. The molecule has 0 aliphatic rings. The Labute approximate surface area is 113 Å². The molecule has 3 N–H and O–H groups in total. The van der Waals surface area contributed by atoms with E-state index in [2.05, 4.69) is 12.2 Å². The summed E-state index contributed by atoms with van der Waals surface area (Å²) in [5, 5.41) is 14.1. The molecule has 0 saturated carbocycles. The number of nitrogens with two attached hydrogens (primary N) is 1. The van der Waals surface area contributed by atoms with Crippen molar-refractivity contribution in [3.63, 3.8) is 0 Å². The number of hydrogen-bond donors (Lipinski definition) is 2. The number of benzene rings is 1. The van der Waals surface area contributed by atoms with Crippen LogP contribution in [0.5, 0.6) is 5.75 Å². The van der Waals surface area contributed by atoms with Crippen molar-refractivity contribution in [3.05, 3.63) is 28.3 Å². The van der Waals surface area contributed by atoms with Crippen molar-refractivity contribution in [2.24, 2.45) is 5.73 Å². The molecule has 0 radical (unpaired) electrons. The van der Waals surface area contributed by atoms with Gasteiger partial charge in [-0.15, -0.1) is 0 Å². The van der Waals surface area contributed by atoms with Crippen LogP contribution >= 0.6 is 0 Å². The minimum atomic E-state index is -0.426. The second kappa shape index (κ2) is 7.58. The lowest BCUT2D eigenvalue weighted by Gasteiger charge is -2.17. The highest BCUT2D eigenvalue weighted by Crippen LogP contribution is 2.26. The Morgan fingerprint density at radius 3 is 2.68 bits per heavy atom. The number of hydrogen-bond acceptors (Lipinski definition) is 5. The second-order valence-electron chi connectivity index (χ2n) is 4.27. The van der Waals surface area contributed by atoms with Gasteiger partial charge in [0.1, 0.15) is 5.75 Å². The van der Waals surface area contributed by atoms with Gasteiger partial charge in [0.2, 0.25) is 0 Å². The standard InChI is InChI=1S/C13H21N3O3/c1-3-5-10(9-14)15-11-6-12(16(17)18)8-13(7-11)19-4-2/h6-8,10,15H,3-5,9,14H2,1-2H3. The van der Waals surface area contributed by atoms with Crippen LogP contribution in [0.3, 0.4) is 0 Å². The maximum atomic E-state index is 10.9. The molecule has 1 aromatic carbocycles. The van der Waals surface area contributed by atoms with Crippen molar-refractivity contribution in [2.75, 3.05) is 18.5 Å². The first-order valence-corrected chi connectivity index (χ1v) is 6.49. The van der Waals surface area contributed by atoms with E-state index in [1.54, 1.807) is 6.07 Å². The van der Waals surface area contributed by atoms with Crippen LogP contribution in [0.15, 0.2) is 18.2 Å². The van der Waals surface area contributed by atoms with Gasteiger partial charge in [0.25, 0.3) is 5.69 Å². The first-order chi connectivity index (χ1) is 9.10. The number of nitrogens with one attached hydrogen (secondary N) is 1. The van der Waals surface area contributed by atoms with E-state index in [0.717, 1.165) is 12.8 Å². The molecule has 1 aromatic rings. The summed E-state index contributed by atoms with van der Waals surface area (Å²) in [6.07, 6.45) is 1.92. The molecule has 0 heterocycles. The highest BCUT2D eigenvalue weighted by molar-refractivity contribution is 5.56. The lowest BCUT2D eigenvalue weighted by atomic mass is 10.1. The molecule has 1 unspecified atom stereocenters. The Morgan fingerprint density at radius 1 is 1.42 bits per heavy atom. The molecule has 1 rings (SSSR count). The SMILES string of the molecule is CCCC(CN)Nc1cc(OCC)cc([N+](=O)[O-])c1. The van der Waals surface area contributed by atoms with E-state index in [-0.39, 0.29) is 11.7 Å². The maximum absolute atomic E-state index is 10.9. The summed E-state index contributed by atoms with van der Waals surface area (Å²) >= 11 is 0. The number of non-ortho nitro benzene ring substituents is 1. The predicted octanol–water partition coefficient (Wildman–Crippen LogP) is 2.53. The molecule has 0 saturated heterocycles. The quantitative estimate of drug-likeness (QED) is 0.558. The molecule has 6 heteroatoms. The van der Waals surface area contributed by atoms with Gasteiger partial charge in [0.15, 0.2) is 0 Å². The Hall–Kier alpha value is -1.82. The second-order valence-corrected chi connectivity index (χ2v) is 4.27. The van der Waals surface area contributed by atoms with Gasteiger partial charge in [0, 0.05) is 30.4 Å². The van der Waals surface area contributed by atoms with Gasteiger partial charge >= 0.3 is 0 Å². The average Bonchev–Trinajstić information content (AvgIpc) is 2.38. The van der Waals surface area contributed by atoms with E-state index in [1.807, 2.05) is 6.92 Å². The minimum absolute atomic E-state index is 0.0146. The summed E-state index contributed by atoms with van der Waals surface area (Å²) in [7, 11) is 0. The summed E-state index contributed by atoms with van der Waals surface area (Å²) in [6, 6.07) is 4.79. The molecular formula is C13H21N3O3. The van der Waals surface area contributed by atoms with Gasteiger partial charge in [-0.1, -0.05) is 13.3 Å². The van der Waals surface area contributed by atoms with Crippen LogP contribution in [0.2, 0.25) is 0 Å². The van der Waals surface area contributed by atoms with Crippen LogP contribution in [0.25, 0.3) is 0 Å². The van der Waals surface area contributed by atoms with Crippen LogP contribution in [-0.4, -0.2) is 24.1 Å². The lowest BCUT2D eigenvalue weighted by Crippen LogP contribution is -2.28. The van der Waals surface area contributed by atoms with Gasteiger partial charge < -0.3 is 15.8 Å². The van der Waals surface area contributed by atoms with E-state index >= 15 is 0 Å². The topological polar surface area (TPSA) is 90.4 Å². The average molecular weight is 267 g/mol. The third kappa shape index (κ3) is 4.75. The summed E-state index contributed by atoms with van der Waals surface area (Å²) in [4.78, 5) is 10.5. The van der Waals surface area contributed by atoms with Crippen LogP contribution < -0.4 is 15.8 Å². The number of rotatable bonds is 8. The van der Waals surface area contributed by atoms with Crippen molar-refractivity contribution >= 4 is 11.4 Å². The number of anilines is 1. The fraction of sp³-hybridized carbons (Fsp3) is 0.538. The monoisotopic (exact) mass is 267 g/mol. The Balaban J connectivity index is 2.94. The predicted molar refractivity (Wildman–Crippen MR) is 75.6 cm³/mol. The van der Waals surface area contributed by atoms with E-state index < -0.39 is 4.92 Å². The molecule has 0 aliphatic carbocycles.